The van der Waals surface area contributed by atoms with Gasteiger partial charge in [0.1, 0.15) is 5.82 Å². The van der Waals surface area contributed by atoms with E-state index in [2.05, 4.69) is 15.3 Å². The first-order valence-electron chi connectivity index (χ1n) is 12.4. The highest BCUT2D eigenvalue weighted by Gasteiger charge is 2.42. The molecule has 0 saturated carbocycles. The van der Waals surface area contributed by atoms with Gasteiger partial charge in [0, 0.05) is 31.7 Å². The van der Waals surface area contributed by atoms with Crippen molar-refractivity contribution >= 4 is 23.4 Å². The zero-order valence-electron chi connectivity index (χ0n) is 20.7. The van der Waals surface area contributed by atoms with Crippen LogP contribution in [0.3, 0.4) is 0 Å². The molecular formula is C26H28F3N5O4. The van der Waals surface area contributed by atoms with Crippen molar-refractivity contribution in [2.24, 2.45) is 5.92 Å². The number of hydrogen-bond donors (Lipinski definition) is 3. The summed E-state index contributed by atoms with van der Waals surface area (Å²) in [7, 11) is 0. The first-order valence-corrected chi connectivity index (χ1v) is 12.4. The zero-order valence-corrected chi connectivity index (χ0v) is 20.7. The summed E-state index contributed by atoms with van der Waals surface area (Å²) in [6.45, 7) is 4.11. The van der Waals surface area contributed by atoms with E-state index in [-0.39, 0.29) is 17.6 Å². The Kier molecular flexibility index (Phi) is 7.01. The van der Waals surface area contributed by atoms with Crippen molar-refractivity contribution < 1.29 is 32.6 Å². The van der Waals surface area contributed by atoms with E-state index in [9.17, 15) is 28.2 Å². The molecule has 5 rings (SSSR count). The van der Waals surface area contributed by atoms with Crippen molar-refractivity contribution in [2.45, 2.75) is 45.2 Å². The molecule has 4 heterocycles. The molecule has 3 aromatic rings. The zero-order chi connectivity index (χ0) is 27.0. The van der Waals surface area contributed by atoms with Crippen molar-refractivity contribution in [1.82, 2.24) is 9.97 Å². The molecule has 0 aliphatic carbocycles. The number of alkyl halides is 3. The molecule has 2 aliphatic heterocycles. The van der Waals surface area contributed by atoms with Crippen LogP contribution in [-0.2, 0) is 19.1 Å². The maximum Gasteiger partial charge on any atom is 0.437 e. The van der Waals surface area contributed by atoms with Crippen LogP contribution in [0.15, 0.2) is 40.9 Å². The number of carbonyl (C=O) groups is 1. The molecule has 0 spiro atoms. The van der Waals surface area contributed by atoms with Gasteiger partial charge in [-0.15, -0.1) is 0 Å². The molecule has 3 N–H and O–H groups in total. The van der Waals surface area contributed by atoms with Gasteiger partial charge in [0.15, 0.2) is 12.0 Å². The summed E-state index contributed by atoms with van der Waals surface area (Å²) in [5.41, 5.74) is 1.18. The van der Waals surface area contributed by atoms with Crippen molar-refractivity contribution in [2.75, 3.05) is 34.8 Å². The summed E-state index contributed by atoms with van der Waals surface area (Å²) in [4.78, 5) is 24.4. The van der Waals surface area contributed by atoms with Crippen LogP contribution in [-0.4, -0.2) is 45.7 Å². The minimum atomic E-state index is -4.85. The fraction of sp³-hybridized carbons (Fsp3) is 0.423. The molecule has 1 saturated heterocycles. The lowest BCUT2D eigenvalue weighted by molar-refractivity contribution is -0.141. The minimum absolute atomic E-state index is 0.204. The normalized spacial score (nSPS) is 18.0. The van der Waals surface area contributed by atoms with E-state index in [1.807, 2.05) is 17.9 Å². The molecule has 0 radical (unpaired) electrons. The topological polar surface area (TPSA) is 115 Å². The largest absolute Gasteiger partial charge is 0.437 e. The highest BCUT2D eigenvalue weighted by atomic mass is 19.4. The Morgan fingerprint density at radius 1 is 1.18 bits per heavy atom. The Balaban J connectivity index is 1.30. The molecule has 2 aliphatic rings. The summed E-state index contributed by atoms with van der Waals surface area (Å²) in [5.74, 6) is -1.05. The van der Waals surface area contributed by atoms with E-state index < -0.39 is 29.8 Å². The smallest absolute Gasteiger partial charge is 0.417 e. The van der Waals surface area contributed by atoms with Gasteiger partial charge in [-0.05, 0) is 48.4 Å². The van der Waals surface area contributed by atoms with Crippen LogP contribution in [0.2, 0.25) is 0 Å². The average molecular weight is 532 g/mol. The second-order valence-corrected chi connectivity index (χ2v) is 9.75. The molecule has 1 aromatic carbocycles. The number of rotatable bonds is 5. The van der Waals surface area contributed by atoms with Gasteiger partial charge in [0.25, 0.3) is 11.9 Å². The van der Waals surface area contributed by atoms with Gasteiger partial charge in [-0.25, -0.2) is 4.98 Å². The Labute approximate surface area is 216 Å². The van der Waals surface area contributed by atoms with E-state index in [0.29, 0.717) is 44.0 Å². The fourth-order valence-electron chi connectivity index (χ4n) is 5.06. The molecule has 1 atom stereocenters. The molecule has 1 unspecified atom stereocenters. The van der Waals surface area contributed by atoms with Gasteiger partial charge >= 0.3 is 6.18 Å². The molecule has 202 valence electrons. The Hall–Kier alpha value is -3.64. The van der Waals surface area contributed by atoms with Crippen LogP contribution in [0.1, 0.15) is 59.0 Å². The first-order chi connectivity index (χ1) is 18.1. The highest BCUT2D eigenvalue weighted by molar-refractivity contribution is 6.03. The molecule has 9 nitrogen and oxygen atoms in total. The average Bonchev–Trinajstić information content (AvgIpc) is 3.35. The predicted octanol–water partition coefficient (Wildman–Crippen LogP) is 4.12. The van der Waals surface area contributed by atoms with Crippen molar-refractivity contribution in [3.63, 3.8) is 0 Å². The van der Waals surface area contributed by atoms with Gasteiger partial charge in [-0.1, -0.05) is 25.1 Å². The van der Waals surface area contributed by atoms with Crippen LogP contribution >= 0.6 is 0 Å². The van der Waals surface area contributed by atoms with Crippen LogP contribution < -0.4 is 15.1 Å². The third kappa shape index (κ3) is 5.32. The maximum atomic E-state index is 13.7. The number of hydrogen-bond acceptors (Lipinski definition) is 8. The Morgan fingerprint density at radius 3 is 2.68 bits per heavy atom. The number of nitrogens with zero attached hydrogens (tertiary/aromatic N) is 4. The molecule has 2 aromatic heterocycles. The van der Waals surface area contributed by atoms with Crippen molar-refractivity contribution in [3.8, 4) is 0 Å². The van der Waals surface area contributed by atoms with Gasteiger partial charge in [0.2, 0.25) is 5.76 Å². The summed E-state index contributed by atoms with van der Waals surface area (Å²) in [6.07, 6.45) is -2.66. The number of benzene rings is 1. The molecular weight excluding hydrogens is 503 g/mol. The number of oxazole rings is 1. The van der Waals surface area contributed by atoms with Crippen molar-refractivity contribution in [1.29, 1.82) is 0 Å². The van der Waals surface area contributed by atoms with Crippen molar-refractivity contribution in [3.05, 3.63) is 64.7 Å². The number of carbonyl (C=O) groups excluding carboxylic acids is 1. The lowest BCUT2D eigenvalue weighted by atomic mass is 9.94. The van der Waals surface area contributed by atoms with E-state index in [0.717, 1.165) is 24.0 Å². The van der Waals surface area contributed by atoms with E-state index in [1.165, 1.54) is 6.20 Å². The molecule has 0 bridgehead atoms. The third-order valence-electron chi connectivity index (χ3n) is 6.93. The Bertz CT molecular complexity index is 1310. The number of anilines is 3. The summed E-state index contributed by atoms with van der Waals surface area (Å²) >= 11 is 0. The van der Waals surface area contributed by atoms with E-state index >= 15 is 0 Å². The van der Waals surface area contributed by atoms with Crippen LogP contribution in [0.25, 0.3) is 0 Å². The number of fused-ring (bicyclic) bond motifs is 1. The molecule has 38 heavy (non-hydrogen) atoms. The first kappa shape index (κ1) is 26.0. The Morgan fingerprint density at radius 2 is 2.00 bits per heavy atom. The van der Waals surface area contributed by atoms with Crippen LogP contribution in [0.4, 0.5) is 30.7 Å². The number of piperidine rings is 1. The monoisotopic (exact) mass is 531 g/mol. The fourth-order valence-corrected chi connectivity index (χ4v) is 5.06. The third-order valence-corrected chi connectivity index (χ3v) is 6.93. The SMILES string of the molecule is CC1CCCN(c2nc(C(F)(F)F)c(C(=O)Nc3ccc(N4CCc5c(cccc5C(O)O)C4)nc3)o2)C1. The van der Waals surface area contributed by atoms with E-state index in [1.54, 1.807) is 29.2 Å². The standard InChI is InChI=1S/C26H28F3N5O4/c1-15-4-3-10-34(13-15)25-32-22(26(27,28)29)21(38-25)23(35)31-17-7-8-20(30-12-17)33-11-9-18-16(14-33)5-2-6-19(18)24(36)37/h2,5-8,12,15,24,36-37H,3-4,9-11,13-14H2,1H3,(H,31,35). The van der Waals surface area contributed by atoms with Crippen LogP contribution in [0, 0.1) is 5.92 Å². The van der Waals surface area contributed by atoms with Crippen LogP contribution in [0.5, 0.6) is 0 Å². The van der Waals surface area contributed by atoms with E-state index in [4.69, 9.17) is 4.42 Å². The van der Waals surface area contributed by atoms with Gasteiger partial charge in [-0.2, -0.15) is 18.2 Å². The number of nitrogens with one attached hydrogen (secondary N) is 1. The maximum absolute atomic E-state index is 13.7. The van der Waals surface area contributed by atoms with Gasteiger partial charge in [0.05, 0.1) is 11.9 Å². The number of aliphatic hydroxyl groups is 2. The predicted molar refractivity (Wildman–Crippen MR) is 133 cm³/mol. The lowest BCUT2D eigenvalue weighted by Gasteiger charge is -2.31. The highest BCUT2D eigenvalue weighted by Crippen LogP contribution is 2.35. The minimum Gasteiger partial charge on any atom is -0.417 e. The summed E-state index contributed by atoms with van der Waals surface area (Å²) in [6, 6.07) is 8.38. The number of aliphatic hydroxyl groups excluding tert-OH is 1. The lowest BCUT2D eigenvalue weighted by Crippen LogP contribution is -2.34. The van der Waals surface area contributed by atoms with Gasteiger partial charge < -0.3 is 29.7 Å². The quantitative estimate of drug-likeness (QED) is 0.421. The number of aromatic nitrogens is 2. The molecule has 1 fully saturated rings. The number of pyridine rings is 1. The number of halogens is 3. The second kappa shape index (κ2) is 10.3. The summed E-state index contributed by atoms with van der Waals surface area (Å²) in [5, 5.41) is 21.6. The summed E-state index contributed by atoms with van der Waals surface area (Å²) < 4.78 is 46.4. The number of amides is 1. The second-order valence-electron chi connectivity index (χ2n) is 9.75. The van der Waals surface area contributed by atoms with Gasteiger partial charge in [-0.3, -0.25) is 4.79 Å². The molecule has 1 amide bonds. The molecule has 12 heteroatoms.